The van der Waals surface area contributed by atoms with Gasteiger partial charge < -0.3 is 18.7 Å². The van der Waals surface area contributed by atoms with Crippen LogP contribution in [0.2, 0.25) is 0 Å². The Balaban J connectivity index is 1.10. The van der Waals surface area contributed by atoms with Gasteiger partial charge in [0.25, 0.3) is 0 Å². The van der Waals surface area contributed by atoms with Gasteiger partial charge in [0.2, 0.25) is 0 Å². The van der Waals surface area contributed by atoms with Gasteiger partial charge in [0.1, 0.15) is 5.58 Å². The van der Waals surface area contributed by atoms with Crippen LogP contribution in [0.25, 0.3) is 75.0 Å². The van der Waals surface area contributed by atoms with Crippen molar-refractivity contribution in [1.29, 1.82) is 0 Å². The molecule has 0 saturated carbocycles. The van der Waals surface area contributed by atoms with Crippen LogP contribution in [0.4, 0.5) is 34.1 Å². The van der Waals surface area contributed by atoms with E-state index in [2.05, 4.69) is 210 Å². The fourth-order valence-electron chi connectivity index (χ4n) is 11.8. The number of thiophene rings is 1. The van der Waals surface area contributed by atoms with E-state index in [9.17, 15) is 0 Å². The van der Waals surface area contributed by atoms with E-state index < -0.39 is 0 Å². The van der Waals surface area contributed by atoms with E-state index in [1.165, 1.54) is 107 Å². The van der Waals surface area contributed by atoms with Gasteiger partial charge in [0.15, 0.2) is 5.58 Å². The molecule has 14 rings (SSSR count). The zero-order valence-corrected chi connectivity index (χ0v) is 39.1. The van der Waals surface area contributed by atoms with Gasteiger partial charge in [0.05, 0.1) is 5.69 Å². The second kappa shape index (κ2) is 15.5. The molecule has 0 saturated heterocycles. The molecule has 0 fully saturated rings. The third-order valence-electron chi connectivity index (χ3n) is 14.9. The molecule has 6 heteroatoms. The zero-order valence-electron chi connectivity index (χ0n) is 38.3. The Morgan fingerprint density at radius 3 is 1.94 bits per heavy atom. The molecule has 0 amide bonds. The predicted octanol–water partition coefficient (Wildman–Crippen LogP) is 16.6. The first-order valence-electron chi connectivity index (χ1n) is 24.5. The van der Waals surface area contributed by atoms with Crippen LogP contribution in [0.1, 0.15) is 50.7 Å². The number of anilines is 6. The van der Waals surface area contributed by atoms with Crippen molar-refractivity contribution in [3.05, 3.63) is 193 Å². The molecule has 9 aromatic carbocycles. The number of fused-ring (bicyclic) bond motifs is 14. The number of nitrogens with zero attached hydrogens (tertiary/aromatic N) is 3. The van der Waals surface area contributed by atoms with Crippen LogP contribution in [-0.2, 0) is 12.8 Å². The lowest BCUT2D eigenvalue weighted by Gasteiger charge is -2.41. The maximum atomic E-state index is 6.94. The van der Waals surface area contributed by atoms with Crippen molar-refractivity contribution in [2.45, 2.75) is 52.4 Å². The molecule has 2 aliphatic rings. The van der Waals surface area contributed by atoms with Crippen LogP contribution in [-0.4, -0.2) is 11.3 Å². The average molecular weight is 894 g/mol. The van der Waals surface area contributed by atoms with E-state index in [0.717, 1.165) is 63.2 Å². The number of hydrogen-bond donors (Lipinski definition) is 0. The number of aryl methyl sites for hydroxylation is 2. The minimum Gasteiger partial charge on any atom is -0.454 e. The Bertz CT molecular complexity index is 3920. The number of benzene rings is 9. The van der Waals surface area contributed by atoms with E-state index in [1.54, 1.807) is 0 Å². The topological polar surface area (TPSA) is 24.6 Å². The molecule has 0 aliphatic carbocycles. The van der Waals surface area contributed by atoms with Crippen molar-refractivity contribution in [3.63, 3.8) is 0 Å². The highest BCUT2D eigenvalue weighted by atomic mass is 32.1. The van der Waals surface area contributed by atoms with Gasteiger partial charge in [-0.3, -0.25) is 0 Å². The fourth-order valence-corrected chi connectivity index (χ4v) is 13.0. The maximum absolute atomic E-state index is 6.94. The summed E-state index contributed by atoms with van der Waals surface area (Å²) in [6.45, 7) is 4.41. The molecule has 0 N–H and O–H groups in total. The Hall–Kier alpha value is -7.54. The molecule has 2 aliphatic heterocycles. The molecule has 0 atom stereocenters. The molecule has 0 spiro atoms. The molecule has 3 aromatic heterocycles. The Morgan fingerprint density at radius 1 is 0.529 bits per heavy atom. The lowest BCUT2D eigenvalue weighted by Crippen LogP contribution is -2.56. The molecular weight excluding hydrogens is 846 g/mol. The van der Waals surface area contributed by atoms with Crippen molar-refractivity contribution >= 4 is 127 Å². The van der Waals surface area contributed by atoms with Crippen molar-refractivity contribution in [3.8, 4) is 11.1 Å². The molecule has 4 nitrogen and oxygen atoms in total. The van der Waals surface area contributed by atoms with E-state index in [1.807, 2.05) is 11.3 Å². The number of unbranched alkanes of at least 4 members (excludes halogenated alkanes) is 2. The molecule has 68 heavy (non-hydrogen) atoms. The summed E-state index contributed by atoms with van der Waals surface area (Å²) in [6, 6.07) is 68.6. The maximum Gasteiger partial charge on any atom is 0.333 e. The summed E-state index contributed by atoms with van der Waals surface area (Å²) in [5.74, 6) is 0. The van der Waals surface area contributed by atoms with Gasteiger partial charge >= 0.3 is 6.85 Å². The highest BCUT2D eigenvalue weighted by Gasteiger charge is 2.44. The first kappa shape index (κ1) is 39.6. The summed E-state index contributed by atoms with van der Waals surface area (Å²) >= 11 is 1.90. The monoisotopic (exact) mass is 893 g/mol. The zero-order chi connectivity index (χ0) is 45.0. The highest BCUT2D eigenvalue weighted by Crippen LogP contribution is 2.52. The molecule has 5 heterocycles. The van der Waals surface area contributed by atoms with E-state index >= 15 is 0 Å². The van der Waals surface area contributed by atoms with E-state index in [4.69, 9.17) is 4.42 Å². The second-order valence-electron chi connectivity index (χ2n) is 18.9. The normalized spacial score (nSPS) is 12.9. The third-order valence-corrected chi connectivity index (χ3v) is 16.0. The first-order chi connectivity index (χ1) is 33.7. The molecule has 0 radical (unpaired) electrons. The first-order valence-corrected chi connectivity index (χ1v) is 25.3. The molecule has 0 bridgehead atoms. The van der Waals surface area contributed by atoms with Crippen LogP contribution in [0.15, 0.2) is 186 Å². The number of aromatic nitrogens is 1. The molecule has 326 valence electrons. The largest absolute Gasteiger partial charge is 0.454 e. The summed E-state index contributed by atoms with van der Waals surface area (Å²) in [4.78, 5) is 5.01. The average Bonchev–Trinajstić information content (AvgIpc) is 4.07. The molecular formula is C62H48BN3OS. The van der Waals surface area contributed by atoms with Crippen molar-refractivity contribution in [2.75, 3.05) is 9.80 Å². The van der Waals surface area contributed by atoms with Crippen molar-refractivity contribution in [1.82, 2.24) is 4.48 Å². The quantitative estimate of drug-likeness (QED) is 0.128. The summed E-state index contributed by atoms with van der Waals surface area (Å²) in [5.41, 5.74) is 19.1. The van der Waals surface area contributed by atoms with Gasteiger partial charge in [-0.15, -0.1) is 11.3 Å². The van der Waals surface area contributed by atoms with Crippen LogP contribution in [0.3, 0.4) is 0 Å². The van der Waals surface area contributed by atoms with Gasteiger partial charge in [0, 0.05) is 86.8 Å². The smallest absolute Gasteiger partial charge is 0.333 e. The van der Waals surface area contributed by atoms with Crippen LogP contribution in [0, 0.1) is 0 Å². The van der Waals surface area contributed by atoms with Crippen LogP contribution < -0.4 is 20.7 Å². The van der Waals surface area contributed by atoms with Crippen LogP contribution in [0.5, 0.6) is 0 Å². The van der Waals surface area contributed by atoms with Gasteiger partial charge in [-0.25, -0.2) is 0 Å². The Labute approximate surface area is 400 Å². The second-order valence-corrected chi connectivity index (χ2v) is 19.9. The summed E-state index contributed by atoms with van der Waals surface area (Å²) in [6.07, 6.45) is 6.92. The number of furan rings is 1. The SMILES string of the molecule is CCCCc1ccc(N(c2ccc(CCCC)cc2)c2ccc3c(c2)B2c4c(cc5sc6ccccc6c5c4-c4cccc5c6ccccc6n2c45)N3c2cccc3c2oc2ccccc23)cc1. The Kier molecular flexibility index (Phi) is 9.04. The van der Waals surface area contributed by atoms with Gasteiger partial charge in [-0.2, -0.15) is 0 Å². The summed E-state index contributed by atoms with van der Waals surface area (Å²) < 4.78 is 12.2. The summed E-state index contributed by atoms with van der Waals surface area (Å²) in [5, 5.41) is 7.48. The third kappa shape index (κ3) is 5.80. The van der Waals surface area contributed by atoms with Gasteiger partial charge in [-0.1, -0.05) is 136 Å². The number of para-hydroxylation sites is 4. The highest BCUT2D eigenvalue weighted by molar-refractivity contribution is 7.26. The fraction of sp³-hybridized carbons (Fsp3) is 0.129. The molecule has 0 unspecified atom stereocenters. The minimum absolute atomic E-state index is 0.129. The van der Waals surface area contributed by atoms with Gasteiger partial charge in [-0.05, 0) is 126 Å². The van der Waals surface area contributed by atoms with Crippen molar-refractivity contribution < 1.29 is 4.42 Å². The number of rotatable bonds is 10. The lowest BCUT2D eigenvalue weighted by atomic mass is 9.45. The molecule has 12 aromatic rings. The van der Waals surface area contributed by atoms with E-state index in [-0.39, 0.29) is 6.85 Å². The van der Waals surface area contributed by atoms with Crippen molar-refractivity contribution in [2.24, 2.45) is 0 Å². The van der Waals surface area contributed by atoms with Crippen LogP contribution >= 0.6 is 11.3 Å². The van der Waals surface area contributed by atoms with E-state index in [0.29, 0.717) is 0 Å². The predicted molar refractivity (Wildman–Crippen MR) is 292 cm³/mol. The minimum atomic E-state index is -0.129. The standard InChI is InChI=1S/C62H48BN3OS/c1-3-5-15-39-27-31-41(32-28-39)64(42-33-29-40(30-34-42)16-6-4-2)43-35-36-52-50(37-43)63-60-54(65(52)53-24-14-21-47-45-18-8-11-25-55(45)67-62(47)53)38-57-58(48-19-9-12-26-56(48)68-57)59(60)49-22-13-20-46-44-17-7-10-23-51(44)66(63)61(46)49/h7-14,17-38H,3-6,15-16H2,1-2H3. The number of hydrogen-bond acceptors (Lipinski definition) is 4. The summed E-state index contributed by atoms with van der Waals surface area (Å²) in [7, 11) is 0. The lowest BCUT2D eigenvalue weighted by molar-refractivity contribution is 0.669. The Morgan fingerprint density at radius 2 is 1.18 bits per heavy atom.